The Morgan fingerprint density at radius 1 is 1.35 bits per heavy atom. The van der Waals surface area contributed by atoms with E-state index in [2.05, 4.69) is 0 Å². The molecule has 2 N–H and O–H groups in total. The zero-order chi connectivity index (χ0) is 14.7. The smallest absolute Gasteiger partial charge is 0.326 e. The number of nitrogens with zero attached hydrogens (tertiary/aromatic N) is 1. The number of amides is 1. The second kappa shape index (κ2) is 6.28. The zero-order valence-corrected chi connectivity index (χ0v) is 12.0. The van der Waals surface area contributed by atoms with Crippen LogP contribution in [-0.2, 0) is 10.5 Å². The second-order valence-electron chi connectivity index (χ2n) is 4.83. The Bertz CT molecular complexity index is 502. The van der Waals surface area contributed by atoms with E-state index in [9.17, 15) is 14.7 Å². The minimum atomic E-state index is -1.08. The van der Waals surface area contributed by atoms with Crippen LogP contribution in [0.2, 0.25) is 0 Å². The third kappa shape index (κ3) is 3.13. The lowest BCUT2D eigenvalue weighted by Gasteiger charge is -2.21. The van der Waals surface area contributed by atoms with Gasteiger partial charge in [0.2, 0.25) is 0 Å². The fraction of sp³-hybridized carbons (Fsp3) is 0.429. The molecule has 1 aromatic rings. The summed E-state index contributed by atoms with van der Waals surface area (Å²) in [5, 5.41) is 18.7. The first kappa shape index (κ1) is 14.9. The van der Waals surface area contributed by atoms with Gasteiger partial charge in [-0.15, -0.1) is 0 Å². The summed E-state index contributed by atoms with van der Waals surface area (Å²) < 4.78 is 0. The van der Waals surface area contributed by atoms with Gasteiger partial charge in [0.1, 0.15) is 6.04 Å². The van der Waals surface area contributed by atoms with Crippen molar-refractivity contribution < 1.29 is 19.8 Å². The van der Waals surface area contributed by atoms with Crippen molar-refractivity contribution in [3.05, 3.63) is 35.4 Å². The van der Waals surface area contributed by atoms with E-state index in [1.54, 1.807) is 23.9 Å². The topological polar surface area (TPSA) is 77.8 Å². The van der Waals surface area contributed by atoms with Crippen molar-refractivity contribution in [2.45, 2.75) is 24.3 Å². The number of hydrogen-bond donors (Lipinski definition) is 2. The molecule has 0 spiro atoms. The van der Waals surface area contributed by atoms with Gasteiger partial charge in [0.15, 0.2) is 0 Å². The molecule has 0 bridgehead atoms. The van der Waals surface area contributed by atoms with E-state index in [0.717, 1.165) is 11.3 Å². The van der Waals surface area contributed by atoms with Crippen LogP contribution in [0.3, 0.4) is 0 Å². The summed E-state index contributed by atoms with van der Waals surface area (Å²) >= 11 is 1.69. The molecule has 108 valence electrons. The summed E-state index contributed by atoms with van der Waals surface area (Å²) in [4.78, 5) is 24.7. The van der Waals surface area contributed by atoms with Crippen LogP contribution in [0.25, 0.3) is 0 Å². The molecule has 1 aliphatic rings. The quantitative estimate of drug-likeness (QED) is 0.873. The van der Waals surface area contributed by atoms with Gasteiger partial charge in [0, 0.05) is 24.3 Å². The Labute approximate surface area is 121 Å². The number of aliphatic carboxylic acids is 1. The molecule has 6 heteroatoms. The summed E-state index contributed by atoms with van der Waals surface area (Å²) in [5.74, 6) is -0.548. The van der Waals surface area contributed by atoms with Gasteiger partial charge in [0.25, 0.3) is 5.91 Å². The SMILES string of the molecule is CSCc1ccc(C(=O)N2CC(O)C[C@H]2C(=O)O)cc1. The maximum absolute atomic E-state index is 12.3. The van der Waals surface area contributed by atoms with Gasteiger partial charge in [0.05, 0.1) is 6.10 Å². The number of aliphatic hydroxyl groups excluding tert-OH is 1. The molecule has 1 aliphatic heterocycles. The van der Waals surface area contributed by atoms with E-state index in [1.807, 2.05) is 18.4 Å². The Kier molecular flexibility index (Phi) is 4.67. The van der Waals surface area contributed by atoms with Crippen molar-refractivity contribution in [1.29, 1.82) is 0 Å². The van der Waals surface area contributed by atoms with Gasteiger partial charge in [-0.1, -0.05) is 12.1 Å². The molecule has 5 nitrogen and oxygen atoms in total. The Morgan fingerprint density at radius 3 is 2.55 bits per heavy atom. The fourth-order valence-electron chi connectivity index (χ4n) is 2.35. The van der Waals surface area contributed by atoms with E-state index in [-0.39, 0.29) is 18.9 Å². The average Bonchev–Trinajstić information content (AvgIpc) is 2.81. The molecule has 2 rings (SSSR count). The number of carboxylic acids is 1. The third-order valence-corrected chi connectivity index (χ3v) is 3.96. The highest BCUT2D eigenvalue weighted by molar-refractivity contribution is 7.97. The standard InChI is InChI=1S/C14H17NO4S/c1-20-8-9-2-4-10(5-3-9)13(17)15-7-11(16)6-12(15)14(18)19/h2-5,11-12,16H,6-8H2,1H3,(H,18,19)/t11?,12-/m0/s1. The molecule has 1 unspecified atom stereocenters. The van der Waals surface area contributed by atoms with E-state index < -0.39 is 18.1 Å². The van der Waals surface area contributed by atoms with Crippen LogP contribution in [-0.4, -0.2) is 51.9 Å². The number of carbonyl (C=O) groups is 2. The predicted octanol–water partition coefficient (Wildman–Crippen LogP) is 1.21. The normalized spacial score (nSPS) is 22.0. The van der Waals surface area contributed by atoms with Gasteiger partial charge >= 0.3 is 5.97 Å². The van der Waals surface area contributed by atoms with Crippen molar-refractivity contribution >= 4 is 23.6 Å². The number of rotatable bonds is 4. The molecule has 1 aromatic carbocycles. The first-order chi connectivity index (χ1) is 9.52. The maximum atomic E-state index is 12.3. The van der Waals surface area contributed by atoms with Crippen LogP contribution in [0.4, 0.5) is 0 Å². The first-order valence-corrected chi connectivity index (χ1v) is 7.72. The molecule has 0 saturated carbocycles. The van der Waals surface area contributed by atoms with Crippen LogP contribution in [0, 0.1) is 0 Å². The third-order valence-electron chi connectivity index (χ3n) is 3.34. The molecular formula is C14H17NO4S. The van der Waals surface area contributed by atoms with Gasteiger partial charge in [-0.25, -0.2) is 4.79 Å². The minimum absolute atomic E-state index is 0.0718. The molecule has 1 fully saturated rings. The molecule has 1 amide bonds. The molecular weight excluding hydrogens is 278 g/mol. The second-order valence-corrected chi connectivity index (χ2v) is 5.70. The number of carbonyl (C=O) groups excluding carboxylic acids is 1. The summed E-state index contributed by atoms with van der Waals surface area (Å²) in [6.45, 7) is 0.0718. The Balaban J connectivity index is 2.15. The van der Waals surface area contributed by atoms with E-state index in [0.29, 0.717) is 5.56 Å². The van der Waals surface area contributed by atoms with E-state index >= 15 is 0 Å². The lowest BCUT2D eigenvalue weighted by atomic mass is 10.1. The molecule has 1 heterocycles. The number of aliphatic hydroxyl groups is 1. The zero-order valence-electron chi connectivity index (χ0n) is 11.2. The van der Waals surface area contributed by atoms with Gasteiger partial charge in [-0.3, -0.25) is 4.79 Å². The molecule has 0 aromatic heterocycles. The molecule has 2 atom stereocenters. The highest BCUT2D eigenvalue weighted by atomic mass is 32.2. The summed E-state index contributed by atoms with van der Waals surface area (Å²) in [6, 6.07) is 6.20. The lowest BCUT2D eigenvalue weighted by molar-refractivity contribution is -0.141. The highest BCUT2D eigenvalue weighted by Gasteiger charge is 2.39. The summed E-state index contributed by atoms with van der Waals surface area (Å²) in [7, 11) is 0. The van der Waals surface area contributed by atoms with Crippen LogP contribution < -0.4 is 0 Å². The molecule has 0 aliphatic carbocycles. The molecule has 1 saturated heterocycles. The van der Waals surface area contributed by atoms with Gasteiger partial charge < -0.3 is 15.1 Å². The lowest BCUT2D eigenvalue weighted by Crippen LogP contribution is -2.40. The highest BCUT2D eigenvalue weighted by Crippen LogP contribution is 2.21. The van der Waals surface area contributed by atoms with Crippen molar-refractivity contribution in [1.82, 2.24) is 4.90 Å². The average molecular weight is 295 g/mol. The molecule has 0 radical (unpaired) electrons. The van der Waals surface area contributed by atoms with Crippen molar-refractivity contribution in [2.75, 3.05) is 12.8 Å². The number of carboxylic acid groups (broad SMARTS) is 1. The Hall–Kier alpha value is -1.53. The van der Waals surface area contributed by atoms with E-state index in [1.165, 1.54) is 4.90 Å². The predicted molar refractivity (Wildman–Crippen MR) is 76.7 cm³/mol. The minimum Gasteiger partial charge on any atom is -0.480 e. The number of benzene rings is 1. The largest absolute Gasteiger partial charge is 0.480 e. The van der Waals surface area contributed by atoms with Crippen LogP contribution in [0.1, 0.15) is 22.3 Å². The molecule has 20 heavy (non-hydrogen) atoms. The van der Waals surface area contributed by atoms with Crippen LogP contribution >= 0.6 is 11.8 Å². The van der Waals surface area contributed by atoms with E-state index in [4.69, 9.17) is 5.11 Å². The van der Waals surface area contributed by atoms with Gasteiger partial charge in [-0.2, -0.15) is 11.8 Å². The van der Waals surface area contributed by atoms with Crippen LogP contribution in [0.15, 0.2) is 24.3 Å². The van der Waals surface area contributed by atoms with Crippen molar-refractivity contribution in [3.8, 4) is 0 Å². The number of hydrogen-bond acceptors (Lipinski definition) is 4. The number of β-amino-alcohol motifs (C(OH)–C–C–N with tert-alkyl or cyclic N) is 1. The number of thioether (sulfide) groups is 1. The number of likely N-dealkylation sites (tertiary alicyclic amines) is 1. The first-order valence-electron chi connectivity index (χ1n) is 6.32. The van der Waals surface area contributed by atoms with Gasteiger partial charge in [-0.05, 0) is 24.0 Å². The van der Waals surface area contributed by atoms with Crippen molar-refractivity contribution in [3.63, 3.8) is 0 Å². The van der Waals surface area contributed by atoms with Crippen LogP contribution in [0.5, 0.6) is 0 Å². The maximum Gasteiger partial charge on any atom is 0.326 e. The van der Waals surface area contributed by atoms with Crippen molar-refractivity contribution in [2.24, 2.45) is 0 Å². The summed E-state index contributed by atoms with van der Waals surface area (Å²) in [6.07, 6.45) is 1.32. The monoisotopic (exact) mass is 295 g/mol. The summed E-state index contributed by atoms with van der Waals surface area (Å²) in [5.41, 5.74) is 1.57. The fourth-order valence-corrected chi connectivity index (χ4v) is 2.87. The Morgan fingerprint density at radius 2 is 2.00 bits per heavy atom.